The van der Waals surface area contributed by atoms with Crippen LogP contribution in [-0.4, -0.2) is 18.4 Å². The largest absolute Gasteiger partial charge is 0.486 e. The van der Waals surface area contributed by atoms with Gasteiger partial charge in [-0.05, 0) is 6.07 Å². The summed E-state index contributed by atoms with van der Waals surface area (Å²) in [5.74, 6) is -0.0418. The Morgan fingerprint density at radius 1 is 1.28 bits per heavy atom. The molecule has 0 aliphatic carbocycles. The minimum Gasteiger partial charge on any atom is -0.486 e. The van der Waals surface area contributed by atoms with Gasteiger partial charge in [0.2, 0.25) is 5.88 Å². The number of anilines is 1. The van der Waals surface area contributed by atoms with E-state index in [4.69, 9.17) is 31.3 Å². The number of fused-ring (bicyclic) bond motifs is 1. The summed E-state index contributed by atoms with van der Waals surface area (Å²) < 4.78 is 29.5. The van der Waals surface area contributed by atoms with Crippen molar-refractivity contribution >= 4 is 17.5 Å². The summed E-state index contributed by atoms with van der Waals surface area (Å²) in [6, 6.07) is 1.47. The van der Waals surface area contributed by atoms with Gasteiger partial charge in [0, 0.05) is 5.56 Å². The highest BCUT2D eigenvalue weighted by atomic mass is 35.5. The SMILES string of the molecule is Nc1oncc1-c1cc2c(c(Cl)c1F)OCCO2. The molecular weight excluding hydrogens is 263 g/mol. The molecule has 0 amide bonds. The summed E-state index contributed by atoms with van der Waals surface area (Å²) in [6.07, 6.45) is 1.32. The number of aromatic nitrogens is 1. The second-order valence-electron chi connectivity index (χ2n) is 3.68. The van der Waals surface area contributed by atoms with Gasteiger partial charge >= 0.3 is 0 Å². The molecule has 2 aromatic rings. The van der Waals surface area contributed by atoms with E-state index in [1.807, 2.05) is 0 Å². The number of benzene rings is 1. The molecule has 3 rings (SSSR count). The van der Waals surface area contributed by atoms with Crippen molar-refractivity contribution < 1.29 is 18.4 Å². The van der Waals surface area contributed by atoms with Crippen LogP contribution in [0.1, 0.15) is 0 Å². The van der Waals surface area contributed by atoms with Crippen LogP contribution in [0.25, 0.3) is 11.1 Å². The quantitative estimate of drug-likeness (QED) is 0.862. The van der Waals surface area contributed by atoms with Crippen molar-refractivity contribution in [2.75, 3.05) is 18.9 Å². The summed E-state index contributed by atoms with van der Waals surface area (Å²) in [5, 5.41) is 3.36. The van der Waals surface area contributed by atoms with Gasteiger partial charge < -0.3 is 19.7 Å². The van der Waals surface area contributed by atoms with Crippen molar-refractivity contribution in [1.29, 1.82) is 0 Å². The van der Waals surface area contributed by atoms with Crippen LogP contribution >= 0.6 is 11.6 Å². The Morgan fingerprint density at radius 3 is 2.78 bits per heavy atom. The third-order valence-electron chi connectivity index (χ3n) is 2.60. The van der Waals surface area contributed by atoms with Crippen molar-refractivity contribution in [3.8, 4) is 22.6 Å². The first-order valence-corrected chi connectivity index (χ1v) is 5.54. The zero-order valence-electron chi connectivity index (χ0n) is 9.07. The summed E-state index contributed by atoms with van der Waals surface area (Å²) in [6.45, 7) is 0.717. The zero-order chi connectivity index (χ0) is 12.7. The van der Waals surface area contributed by atoms with Crippen LogP contribution in [0.2, 0.25) is 5.02 Å². The number of rotatable bonds is 1. The minimum atomic E-state index is -0.643. The van der Waals surface area contributed by atoms with Gasteiger partial charge in [0.25, 0.3) is 0 Å². The number of hydrogen-bond acceptors (Lipinski definition) is 5. The second-order valence-corrected chi connectivity index (χ2v) is 4.06. The van der Waals surface area contributed by atoms with Gasteiger partial charge in [-0.2, -0.15) is 0 Å². The van der Waals surface area contributed by atoms with E-state index in [-0.39, 0.29) is 22.2 Å². The van der Waals surface area contributed by atoms with E-state index in [1.165, 1.54) is 12.3 Å². The molecule has 5 nitrogen and oxygen atoms in total. The maximum Gasteiger partial charge on any atom is 0.230 e. The fourth-order valence-corrected chi connectivity index (χ4v) is 2.02. The summed E-state index contributed by atoms with van der Waals surface area (Å²) in [5.41, 5.74) is 6.05. The molecule has 0 radical (unpaired) electrons. The van der Waals surface area contributed by atoms with E-state index < -0.39 is 5.82 Å². The molecule has 1 aliphatic rings. The van der Waals surface area contributed by atoms with E-state index >= 15 is 0 Å². The molecule has 7 heteroatoms. The highest BCUT2D eigenvalue weighted by molar-refractivity contribution is 6.32. The van der Waals surface area contributed by atoms with Gasteiger partial charge in [-0.25, -0.2) is 4.39 Å². The van der Waals surface area contributed by atoms with Gasteiger partial charge in [-0.15, -0.1) is 0 Å². The molecule has 2 N–H and O–H groups in total. The van der Waals surface area contributed by atoms with Crippen molar-refractivity contribution in [3.63, 3.8) is 0 Å². The van der Waals surface area contributed by atoms with Crippen molar-refractivity contribution in [2.24, 2.45) is 0 Å². The second kappa shape index (κ2) is 4.06. The molecular formula is C11H8ClFN2O3. The first-order valence-electron chi connectivity index (χ1n) is 5.16. The lowest BCUT2D eigenvalue weighted by Gasteiger charge is -2.20. The number of ether oxygens (including phenoxy) is 2. The van der Waals surface area contributed by atoms with Gasteiger partial charge in [0.05, 0.1) is 11.8 Å². The molecule has 1 aromatic carbocycles. The van der Waals surface area contributed by atoms with Crippen LogP contribution in [0.3, 0.4) is 0 Å². The zero-order valence-corrected chi connectivity index (χ0v) is 9.83. The maximum absolute atomic E-state index is 14.1. The number of nitrogens with zero attached hydrogens (tertiary/aromatic N) is 1. The van der Waals surface area contributed by atoms with E-state index in [1.54, 1.807) is 0 Å². The lowest BCUT2D eigenvalue weighted by atomic mass is 10.1. The lowest BCUT2D eigenvalue weighted by Crippen LogP contribution is -2.16. The molecule has 0 fully saturated rings. The molecule has 0 spiro atoms. The number of nitrogen functional groups attached to an aromatic ring is 1. The number of halogens is 2. The number of hydrogen-bond donors (Lipinski definition) is 1. The topological polar surface area (TPSA) is 70.5 Å². The summed E-state index contributed by atoms with van der Waals surface area (Å²) >= 11 is 5.91. The fourth-order valence-electron chi connectivity index (χ4n) is 1.77. The Balaban J connectivity index is 2.22. The molecule has 0 atom stereocenters. The predicted octanol–water partition coefficient (Wildman–Crippen LogP) is 2.49. The van der Waals surface area contributed by atoms with Gasteiger partial charge in [-0.1, -0.05) is 16.8 Å². The number of nitrogens with two attached hydrogens (primary N) is 1. The highest BCUT2D eigenvalue weighted by Crippen LogP contribution is 2.44. The van der Waals surface area contributed by atoms with Crippen molar-refractivity contribution in [3.05, 3.63) is 23.1 Å². The first kappa shape index (κ1) is 11.2. The van der Waals surface area contributed by atoms with Crippen LogP contribution in [0, 0.1) is 5.82 Å². The minimum absolute atomic E-state index is 0.0154. The first-order chi connectivity index (χ1) is 8.68. The molecule has 1 aliphatic heterocycles. The molecule has 0 bridgehead atoms. The monoisotopic (exact) mass is 270 g/mol. The third-order valence-corrected chi connectivity index (χ3v) is 2.94. The van der Waals surface area contributed by atoms with Gasteiger partial charge in [-0.3, -0.25) is 0 Å². The van der Waals surface area contributed by atoms with Crippen molar-refractivity contribution in [2.45, 2.75) is 0 Å². The molecule has 0 saturated carbocycles. The third kappa shape index (κ3) is 1.57. The normalized spacial score (nSPS) is 13.7. The van der Waals surface area contributed by atoms with Crippen LogP contribution < -0.4 is 15.2 Å². The van der Waals surface area contributed by atoms with E-state index in [0.29, 0.717) is 24.5 Å². The Hall–Kier alpha value is -1.95. The molecule has 0 unspecified atom stereocenters. The van der Waals surface area contributed by atoms with Crippen molar-refractivity contribution in [1.82, 2.24) is 5.16 Å². The Bertz CT molecular complexity index is 615. The van der Waals surface area contributed by atoms with Crippen LogP contribution in [0.5, 0.6) is 11.5 Å². The highest BCUT2D eigenvalue weighted by Gasteiger charge is 2.24. The average Bonchev–Trinajstić information content (AvgIpc) is 2.80. The maximum atomic E-state index is 14.1. The lowest BCUT2D eigenvalue weighted by molar-refractivity contribution is 0.171. The van der Waals surface area contributed by atoms with Crippen LogP contribution in [-0.2, 0) is 0 Å². The van der Waals surface area contributed by atoms with E-state index in [0.717, 1.165) is 0 Å². The molecule has 2 heterocycles. The Labute approximate surface area is 106 Å². The van der Waals surface area contributed by atoms with Gasteiger partial charge in [0.1, 0.15) is 18.2 Å². The molecule has 94 valence electrons. The van der Waals surface area contributed by atoms with Gasteiger partial charge in [0.15, 0.2) is 17.3 Å². The summed E-state index contributed by atoms with van der Waals surface area (Å²) in [4.78, 5) is 0. The van der Waals surface area contributed by atoms with E-state index in [9.17, 15) is 4.39 Å². The van der Waals surface area contributed by atoms with Crippen LogP contribution in [0.15, 0.2) is 16.8 Å². The molecule has 0 saturated heterocycles. The molecule has 18 heavy (non-hydrogen) atoms. The van der Waals surface area contributed by atoms with E-state index in [2.05, 4.69) is 5.16 Å². The fraction of sp³-hybridized carbons (Fsp3) is 0.182. The standard InChI is InChI=1S/C11H8ClFN2O3/c12-8-9(13)5(6-4-15-18-11(6)14)3-7-10(8)17-2-1-16-7/h3-4H,1-2,14H2. The average molecular weight is 271 g/mol. The predicted molar refractivity (Wildman–Crippen MR) is 62.3 cm³/mol. The Kier molecular flexibility index (Phi) is 2.52. The summed E-state index contributed by atoms with van der Waals surface area (Å²) in [7, 11) is 0. The Morgan fingerprint density at radius 2 is 2.06 bits per heavy atom. The van der Waals surface area contributed by atoms with Crippen LogP contribution in [0.4, 0.5) is 10.3 Å². The molecule has 1 aromatic heterocycles. The smallest absolute Gasteiger partial charge is 0.230 e.